The monoisotopic (exact) mass is 276 g/mol. The zero-order valence-electron chi connectivity index (χ0n) is 10.7. The Kier molecular flexibility index (Phi) is 6.54. The number of hydrogen-bond acceptors (Lipinski definition) is 2. The molecule has 0 spiro atoms. The molecule has 18 heavy (non-hydrogen) atoms. The average molecular weight is 277 g/mol. The SMILES string of the molecule is CNC(CCN(C)CC(F)F)c1cccc(Cl)c1. The van der Waals surface area contributed by atoms with Crippen molar-refractivity contribution in [2.75, 3.05) is 27.2 Å². The lowest BCUT2D eigenvalue weighted by Crippen LogP contribution is -2.29. The van der Waals surface area contributed by atoms with Crippen molar-refractivity contribution >= 4 is 11.6 Å². The van der Waals surface area contributed by atoms with E-state index in [4.69, 9.17) is 11.6 Å². The van der Waals surface area contributed by atoms with Gasteiger partial charge in [0.15, 0.2) is 0 Å². The highest BCUT2D eigenvalue weighted by atomic mass is 35.5. The van der Waals surface area contributed by atoms with Crippen molar-refractivity contribution in [2.45, 2.75) is 18.9 Å². The first-order chi connectivity index (χ1) is 8.52. The Hall–Kier alpha value is -0.710. The van der Waals surface area contributed by atoms with Crippen LogP contribution in [-0.4, -0.2) is 38.5 Å². The molecule has 5 heteroatoms. The summed E-state index contributed by atoms with van der Waals surface area (Å²) in [7, 11) is 3.57. The van der Waals surface area contributed by atoms with Gasteiger partial charge in [0, 0.05) is 11.1 Å². The van der Waals surface area contributed by atoms with Crippen molar-refractivity contribution in [3.05, 3.63) is 34.9 Å². The molecule has 1 aromatic carbocycles. The third kappa shape index (κ3) is 5.29. The lowest BCUT2D eigenvalue weighted by Gasteiger charge is -2.21. The fourth-order valence-corrected chi connectivity index (χ4v) is 2.08. The molecule has 2 nitrogen and oxygen atoms in total. The van der Waals surface area contributed by atoms with Crippen LogP contribution in [0, 0.1) is 0 Å². The number of hydrogen-bond donors (Lipinski definition) is 1. The van der Waals surface area contributed by atoms with E-state index in [1.54, 1.807) is 11.9 Å². The molecule has 0 aliphatic heterocycles. The Bertz CT molecular complexity index is 361. The quantitative estimate of drug-likeness (QED) is 0.823. The van der Waals surface area contributed by atoms with Crippen LogP contribution in [0.4, 0.5) is 8.78 Å². The third-order valence-electron chi connectivity index (χ3n) is 2.85. The second-order valence-electron chi connectivity index (χ2n) is 4.34. The minimum Gasteiger partial charge on any atom is -0.313 e. The Morgan fingerprint density at radius 3 is 2.67 bits per heavy atom. The van der Waals surface area contributed by atoms with Gasteiger partial charge in [-0.05, 0) is 44.8 Å². The molecule has 0 radical (unpaired) electrons. The van der Waals surface area contributed by atoms with Crippen molar-refractivity contribution in [1.82, 2.24) is 10.2 Å². The van der Waals surface area contributed by atoms with Crippen molar-refractivity contribution in [1.29, 1.82) is 0 Å². The van der Waals surface area contributed by atoms with Gasteiger partial charge in [-0.1, -0.05) is 23.7 Å². The number of benzene rings is 1. The minimum atomic E-state index is -2.28. The van der Waals surface area contributed by atoms with Gasteiger partial charge in [0.2, 0.25) is 0 Å². The summed E-state index contributed by atoms with van der Waals surface area (Å²) >= 11 is 5.94. The first-order valence-electron chi connectivity index (χ1n) is 5.92. The normalized spacial score (nSPS) is 13.3. The molecule has 1 rings (SSSR count). The first-order valence-corrected chi connectivity index (χ1v) is 6.30. The fourth-order valence-electron chi connectivity index (χ4n) is 1.88. The molecule has 0 bridgehead atoms. The molecule has 1 aromatic rings. The van der Waals surface area contributed by atoms with Crippen LogP contribution in [0.5, 0.6) is 0 Å². The molecule has 1 unspecified atom stereocenters. The minimum absolute atomic E-state index is 0.129. The summed E-state index contributed by atoms with van der Waals surface area (Å²) in [4.78, 5) is 1.64. The smallest absolute Gasteiger partial charge is 0.251 e. The van der Waals surface area contributed by atoms with Crippen LogP contribution < -0.4 is 5.32 Å². The van der Waals surface area contributed by atoms with Gasteiger partial charge in [0.05, 0.1) is 6.54 Å². The number of nitrogens with zero attached hydrogens (tertiary/aromatic N) is 1. The van der Waals surface area contributed by atoms with Gasteiger partial charge < -0.3 is 10.2 Å². The molecular formula is C13H19ClF2N2. The zero-order valence-corrected chi connectivity index (χ0v) is 11.4. The largest absolute Gasteiger partial charge is 0.313 e. The van der Waals surface area contributed by atoms with Gasteiger partial charge in [0.1, 0.15) is 0 Å². The van der Waals surface area contributed by atoms with E-state index in [9.17, 15) is 8.78 Å². The molecule has 0 aliphatic rings. The summed E-state index contributed by atoms with van der Waals surface area (Å²) in [5.41, 5.74) is 1.08. The molecule has 102 valence electrons. The van der Waals surface area contributed by atoms with Crippen molar-refractivity contribution in [3.63, 3.8) is 0 Å². The van der Waals surface area contributed by atoms with Crippen LogP contribution in [0.3, 0.4) is 0 Å². The number of halogens is 3. The van der Waals surface area contributed by atoms with Crippen LogP contribution in [0.1, 0.15) is 18.0 Å². The Morgan fingerprint density at radius 2 is 2.11 bits per heavy atom. The first kappa shape index (κ1) is 15.3. The Balaban J connectivity index is 2.52. The maximum atomic E-state index is 12.2. The standard InChI is InChI=1S/C13H19ClF2N2/c1-17-12(6-7-18(2)9-13(15)16)10-4-3-5-11(14)8-10/h3-5,8,12-13,17H,6-7,9H2,1-2H3. The Morgan fingerprint density at radius 1 is 1.39 bits per heavy atom. The van der Waals surface area contributed by atoms with Crippen LogP contribution in [0.2, 0.25) is 5.02 Å². The summed E-state index contributed by atoms with van der Waals surface area (Å²) in [5.74, 6) is 0. The summed E-state index contributed by atoms with van der Waals surface area (Å²) in [5, 5.41) is 3.87. The molecule has 0 aliphatic carbocycles. The van der Waals surface area contributed by atoms with E-state index < -0.39 is 6.43 Å². The van der Waals surface area contributed by atoms with E-state index >= 15 is 0 Å². The lowest BCUT2D eigenvalue weighted by atomic mass is 10.0. The predicted octanol–water partition coefficient (Wildman–Crippen LogP) is 3.19. The van der Waals surface area contributed by atoms with Gasteiger partial charge in [-0.2, -0.15) is 0 Å². The summed E-state index contributed by atoms with van der Waals surface area (Å²) in [6.45, 7) is 0.425. The lowest BCUT2D eigenvalue weighted by molar-refractivity contribution is 0.0986. The summed E-state index contributed by atoms with van der Waals surface area (Å²) in [6, 6.07) is 7.73. The highest BCUT2D eigenvalue weighted by molar-refractivity contribution is 6.30. The molecule has 0 saturated carbocycles. The topological polar surface area (TPSA) is 15.3 Å². The highest BCUT2D eigenvalue weighted by Crippen LogP contribution is 2.20. The van der Waals surface area contributed by atoms with E-state index in [1.807, 2.05) is 31.3 Å². The number of nitrogens with one attached hydrogen (secondary N) is 1. The van der Waals surface area contributed by atoms with Crippen LogP contribution in [0.25, 0.3) is 0 Å². The molecule has 0 saturated heterocycles. The van der Waals surface area contributed by atoms with E-state index in [2.05, 4.69) is 5.32 Å². The molecule has 0 amide bonds. The molecule has 0 aromatic heterocycles. The second-order valence-corrected chi connectivity index (χ2v) is 4.77. The fraction of sp³-hybridized carbons (Fsp3) is 0.538. The third-order valence-corrected chi connectivity index (χ3v) is 3.08. The Labute approximate surface area is 112 Å². The van der Waals surface area contributed by atoms with Crippen molar-refractivity contribution in [2.24, 2.45) is 0 Å². The van der Waals surface area contributed by atoms with E-state index in [0.29, 0.717) is 11.6 Å². The van der Waals surface area contributed by atoms with Gasteiger partial charge >= 0.3 is 0 Å². The van der Waals surface area contributed by atoms with Crippen molar-refractivity contribution in [3.8, 4) is 0 Å². The van der Waals surface area contributed by atoms with Gasteiger partial charge in [-0.25, -0.2) is 8.78 Å². The molecule has 1 N–H and O–H groups in total. The molecule has 1 atom stereocenters. The molecular weight excluding hydrogens is 258 g/mol. The second kappa shape index (κ2) is 7.67. The van der Waals surface area contributed by atoms with E-state index in [0.717, 1.165) is 12.0 Å². The van der Waals surface area contributed by atoms with Gasteiger partial charge in [-0.3, -0.25) is 0 Å². The van der Waals surface area contributed by atoms with E-state index in [1.165, 1.54) is 0 Å². The van der Waals surface area contributed by atoms with Crippen LogP contribution >= 0.6 is 11.6 Å². The summed E-state index contributed by atoms with van der Waals surface area (Å²) < 4.78 is 24.4. The zero-order chi connectivity index (χ0) is 13.5. The molecule has 0 fully saturated rings. The molecule has 0 heterocycles. The number of alkyl halides is 2. The van der Waals surface area contributed by atoms with Crippen LogP contribution in [-0.2, 0) is 0 Å². The van der Waals surface area contributed by atoms with Crippen LogP contribution in [0.15, 0.2) is 24.3 Å². The van der Waals surface area contributed by atoms with Crippen molar-refractivity contribution < 1.29 is 8.78 Å². The maximum absolute atomic E-state index is 12.2. The van der Waals surface area contributed by atoms with Gasteiger partial charge in [0.25, 0.3) is 6.43 Å². The number of rotatable bonds is 7. The summed E-state index contributed by atoms with van der Waals surface area (Å²) in [6.07, 6.45) is -1.52. The maximum Gasteiger partial charge on any atom is 0.251 e. The van der Waals surface area contributed by atoms with E-state index in [-0.39, 0.29) is 12.6 Å². The predicted molar refractivity (Wildman–Crippen MR) is 71.4 cm³/mol. The highest BCUT2D eigenvalue weighted by Gasteiger charge is 2.12. The average Bonchev–Trinajstić information content (AvgIpc) is 2.29. The van der Waals surface area contributed by atoms with Gasteiger partial charge in [-0.15, -0.1) is 0 Å².